The van der Waals surface area contributed by atoms with E-state index in [4.69, 9.17) is 11.6 Å². The minimum Gasteiger partial charge on any atom is -0.324 e. The van der Waals surface area contributed by atoms with Crippen LogP contribution in [0.3, 0.4) is 0 Å². The number of halogens is 2. The summed E-state index contributed by atoms with van der Waals surface area (Å²) in [6.07, 6.45) is 1.68. The summed E-state index contributed by atoms with van der Waals surface area (Å²) in [5, 5.41) is 3.58. The number of carbonyl (C=O) groups is 3. The van der Waals surface area contributed by atoms with Gasteiger partial charge in [-0.3, -0.25) is 19.3 Å². The molecule has 4 unspecified atom stereocenters. The number of amides is 3. The summed E-state index contributed by atoms with van der Waals surface area (Å²) >= 11 is 9.87. The van der Waals surface area contributed by atoms with Crippen molar-refractivity contribution < 1.29 is 14.4 Å². The fourth-order valence-corrected chi connectivity index (χ4v) is 7.25. The molecule has 8 heteroatoms. The highest BCUT2D eigenvalue weighted by Crippen LogP contribution is 2.61. The second-order valence-corrected chi connectivity index (χ2v) is 10.5. The zero-order chi connectivity index (χ0) is 22.5. The third-order valence-corrected chi connectivity index (χ3v) is 8.75. The fraction of sp³-hybridized carbons (Fsp3) is 0.375. The summed E-state index contributed by atoms with van der Waals surface area (Å²) in [6, 6.07) is 9.06. The van der Waals surface area contributed by atoms with Gasteiger partial charge in [0, 0.05) is 21.1 Å². The van der Waals surface area contributed by atoms with E-state index in [9.17, 15) is 14.4 Å². The number of rotatable bonds is 1. The molecule has 4 atom stereocenters. The van der Waals surface area contributed by atoms with Crippen LogP contribution in [0.2, 0.25) is 5.02 Å². The molecular weight excluding hydrogens is 494 g/mol. The Hall–Kier alpha value is -2.22. The standard InChI is InChI=1S/C24H21BrClN3O3/c1-11-5-8-16(14(25)10-11)29-21(30)18-17-4-3-9-28(17)24(19(18)22(29)31)13-6-7-15(26)12(2)20(13)27-23(24)32/h5-8,10,17-19H,3-4,9H2,1-2H3,(H,27,32). The van der Waals surface area contributed by atoms with E-state index in [1.54, 1.807) is 12.1 Å². The maximum absolute atomic E-state index is 14.0. The molecule has 6 nitrogen and oxygen atoms in total. The summed E-state index contributed by atoms with van der Waals surface area (Å²) in [5.74, 6) is -2.08. The highest BCUT2D eigenvalue weighted by Gasteiger charge is 2.74. The number of anilines is 2. The Bertz CT molecular complexity index is 1250. The normalized spacial score (nSPS) is 30.8. The molecule has 3 amide bonds. The molecule has 0 aromatic heterocycles. The number of nitrogens with one attached hydrogen (secondary N) is 1. The minimum absolute atomic E-state index is 0.140. The van der Waals surface area contributed by atoms with Crippen LogP contribution in [0, 0.1) is 25.7 Å². The Morgan fingerprint density at radius 1 is 1.12 bits per heavy atom. The van der Waals surface area contributed by atoms with Gasteiger partial charge in [-0.15, -0.1) is 0 Å². The van der Waals surface area contributed by atoms with Gasteiger partial charge >= 0.3 is 0 Å². The third kappa shape index (κ3) is 2.27. The molecule has 3 fully saturated rings. The quantitative estimate of drug-likeness (QED) is 0.581. The van der Waals surface area contributed by atoms with E-state index >= 15 is 0 Å². The van der Waals surface area contributed by atoms with Gasteiger partial charge in [0.05, 0.1) is 23.2 Å². The molecular formula is C24H21BrClN3O3. The van der Waals surface area contributed by atoms with Crippen molar-refractivity contribution in [2.75, 3.05) is 16.8 Å². The topological polar surface area (TPSA) is 69.7 Å². The Kier molecular flexibility index (Phi) is 4.24. The highest BCUT2D eigenvalue weighted by molar-refractivity contribution is 9.10. The van der Waals surface area contributed by atoms with Crippen LogP contribution < -0.4 is 10.2 Å². The molecule has 4 heterocycles. The maximum atomic E-state index is 14.0. The number of carbonyl (C=O) groups excluding carboxylic acids is 3. The van der Waals surface area contributed by atoms with Crippen LogP contribution in [-0.2, 0) is 19.9 Å². The second-order valence-electron chi connectivity index (χ2n) is 9.19. The molecule has 32 heavy (non-hydrogen) atoms. The van der Waals surface area contributed by atoms with Crippen LogP contribution in [0.4, 0.5) is 11.4 Å². The zero-order valence-corrected chi connectivity index (χ0v) is 20.0. The van der Waals surface area contributed by atoms with Crippen LogP contribution in [0.5, 0.6) is 0 Å². The molecule has 0 aliphatic carbocycles. The summed E-state index contributed by atoms with van der Waals surface area (Å²) in [4.78, 5) is 44.9. The van der Waals surface area contributed by atoms with E-state index in [1.165, 1.54) is 4.90 Å². The SMILES string of the molecule is Cc1ccc(N2C(=O)C3C4CCCN4C4(C(=O)Nc5c4ccc(Cl)c5C)C3C2=O)c(Br)c1. The first-order chi connectivity index (χ1) is 15.3. The van der Waals surface area contributed by atoms with Gasteiger partial charge in [0.1, 0.15) is 5.54 Å². The van der Waals surface area contributed by atoms with E-state index in [1.807, 2.05) is 32.0 Å². The van der Waals surface area contributed by atoms with Crippen LogP contribution in [0.1, 0.15) is 29.5 Å². The van der Waals surface area contributed by atoms with Crippen molar-refractivity contribution in [2.24, 2.45) is 11.8 Å². The molecule has 4 aliphatic rings. The highest BCUT2D eigenvalue weighted by atomic mass is 79.9. The van der Waals surface area contributed by atoms with Gasteiger partial charge in [-0.05, 0) is 78.5 Å². The van der Waals surface area contributed by atoms with Gasteiger partial charge in [0.2, 0.25) is 17.7 Å². The van der Waals surface area contributed by atoms with Crippen LogP contribution in [-0.4, -0.2) is 35.2 Å². The van der Waals surface area contributed by atoms with Crippen molar-refractivity contribution in [2.45, 2.75) is 38.3 Å². The average Bonchev–Trinajstić information content (AvgIpc) is 3.45. The molecule has 4 aliphatic heterocycles. The van der Waals surface area contributed by atoms with Gasteiger partial charge in [-0.25, -0.2) is 4.90 Å². The third-order valence-electron chi connectivity index (χ3n) is 7.71. The van der Waals surface area contributed by atoms with Crippen molar-refractivity contribution in [3.05, 3.63) is 56.5 Å². The maximum Gasteiger partial charge on any atom is 0.250 e. The average molecular weight is 515 g/mol. The van der Waals surface area contributed by atoms with Crippen LogP contribution >= 0.6 is 27.5 Å². The number of aryl methyl sites for hydroxylation is 1. The number of nitrogens with zero attached hydrogens (tertiary/aromatic N) is 2. The first kappa shape index (κ1) is 20.4. The number of hydrogen-bond acceptors (Lipinski definition) is 4. The first-order valence-corrected chi connectivity index (χ1v) is 12.0. The van der Waals surface area contributed by atoms with Gasteiger partial charge in [-0.1, -0.05) is 23.7 Å². The predicted octanol–water partition coefficient (Wildman–Crippen LogP) is 4.15. The Balaban J connectivity index is 1.57. The van der Waals surface area contributed by atoms with Gasteiger partial charge in [-0.2, -0.15) is 0 Å². The lowest BCUT2D eigenvalue weighted by atomic mass is 9.75. The summed E-state index contributed by atoms with van der Waals surface area (Å²) < 4.78 is 0.690. The monoisotopic (exact) mass is 513 g/mol. The van der Waals surface area contributed by atoms with Gasteiger partial charge < -0.3 is 5.32 Å². The number of benzene rings is 2. The molecule has 0 bridgehead atoms. The number of imide groups is 1. The molecule has 1 spiro atoms. The lowest BCUT2D eigenvalue weighted by Crippen LogP contribution is -2.54. The van der Waals surface area contributed by atoms with Crippen LogP contribution in [0.25, 0.3) is 0 Å². The largest absolute Gasteiger partial charge is 0.324 e. The predicted molar refractivity (Wildman–Crippen MR) is 125 cm³/mol. The fourth-order valence-electron chi connectivity index (χ4n) is 6.42. The van der Waals surface area contributed by atoms with E-state index in [0.29, 0.717) is 27.4 Å². The molecule has 1 N–H and O–H groups in total. The Labute approximate surface area is 199 Å². The van der Waals surface area contributed by atoms with Crippen molar-refractivity contribution >= 4 is 56.6 Å². The molecule has 2 aromatic carbocycles. The van der Waals surface area contributed by atoms with Gasteiger partial charge in [0.15, 0.2) is 0 Å². The summed E-state index contributed by atoms with van der Waals surface area (Å²) in [7, 11) is 0. The lowest BCUT2D eigenvalue weighted by Gasteiger charge is -2.36. The lowest BCUT2D eigenvalue weighted by molar-refractivity contribution is -0.135. The smallest absolute Gasteiger partial charge is 0.250 e. The van der Waals surface area contributed by atoms with Gasteiger partial charge in [0.25, 0.3) is 0 Å². The molecule has 2 aromatic rings. The minimum atomic E-state index is -1.19. The van der Waals surface area contributed by atoms with Crippen molar-refractivity contribution in [1.82, 2.24) is 4.90 Å². The Morgan fingerprint density at radius 2 is 1.91 bits per heavy atom. The first-order valence-electron chi connectivity index (χ1n) is 10.8. The van der Waals surface area contributed by atoms with Crippen molar-refractivity contribution in [1.29, 1.82) is 0 Å². The summed E-state index contributed by atoms with van der Waals surface area (Å²) in [6.45, 7) is 4.50. The van der Waals surface area contributed by atoms with E-state index in [-0.39, 0.29) is 23.8 Å². The molecule has 164 valence electrons. The van der Waals surface area contributed by atoms with Crippen molar-refractivity contribution in [3.63, 3.8) is 0 Å². The van der Waals surface area contributed by atoms with Crippen LogP contribution in [0.15, 0.2) is 34.8 Å². The van der Waals surface area contributed by atoms with E-state index < -0.39 is 17.4 Å². The zero-order valence-electron chi connectivity index (χ0n) is 17.6. The molecule has 0 radical (unpaired) electrons. The summed E-state index contributed by atoms with van der Waals surface area (Å²) in [5.41, 5.74) is 2.58. The Morgan fingerprint density at radius 3 is 2.66 bits per heavy atom. The second kappa shape index (κ2) is 6.65. The van der Waals surface area contributed by atoms with E-state index in [0.717, 1.165) is 29.5 Å². The number of fused-ring (bicyclic) bond motifs is 7. The molecule has 3 saturated heterocycles. The van der Waals surface area contributed by atoms with Crippen molar-refractivity contribution in [3.8, 4) is 0 Å². The van der Waals surface area contributed by atoms with E-state index in [2.05, 4.69) is 26.1 Å². The molecule has 0 saturated carbocycles. The molecule has 6 rings (SSSR count). The number of hydrogen-bond donors (Lipinski definition) is 1.